The molecule has 0 amide bonds. The molecule has 0 radical (unpaired) electrons. The quantitative estimate of drug-likeness (QED) is 0.560. The molecule has 0 saturated heterocycles. The highest BCUT2D eigenvalue weighted by Gasteiger charge is 2.22. The van der Waals surface area contributed by atoms with Gasteiger partial charge in [0.15, 0.2) is 0 Å². The van der Waals surface area contributed by atoms with Gasteiger partial charge in [-0.15, -0.1) is 9.78 Å². The van der Waals surface area contributed by atoms with Crippen LogP contribution in [-0.4, -0.2) is 28.9 Å². The van der Waals surface area contributed by atoms with Crippen molar-refractivity contribution in [1.82, 2.24) is 28.9 Å². The fourth-order valence-electron chi connectivity index (χ4n) is 3.22. The molecule has 0 fully saturated rings. The summed E-state index contributed by atoms with van der Waals surface area (Å²) in [5.74, 6) is 0. The molecule has 0 saturated carbocycles. The van der Waals surface area contributed by atoms with Gasteiger partial charge >= 0.3 is 0 Å². The third kappa shape index (κ3) is 1.99. The van der Waals surface area contributed by atoms with Crippen LogP contribution in [0.2, 0.25) is 0 Å². The van der Waals surface area contributed by atoms with E-state index in [1.807, 2.05) is 44.3 Å². The number of benzene rings is 1. The van der Waals surface area contributed by atoms with Crippen LogP contribution in [0.1, 0.15) is 25.6 Å². The first-order valence-corrected chi connectivity index (χ1v) is 7.87. The first kappa shape index (κ1) is 15.1. The molecule has 8 heteroatoms. The van der Waals surface area contributed by atoms with Crippen molar-refractivity contribution in [3.05, 3.63) is 46.6 Å². The fraction of sp³-hybridized carbons (Fsp3) is 0.235. The van der Waals surface area contributed by atoms with Gasteiger partial charge in [-0.2, -0.15) is 5.26 Å². The predicted molar refractivity (Wildman–Crippen MR) is 92.1 cm³/mol. The molecule has 0 aliphatic rings. The van der Waals surface area contributed by atoms with Gasteiger partial charge in [-0.05, 0) is 32.9 Å². The van der Waals surface area contributed by atoms with E-state index in [0.717, 1.165) is 15.7 Å². The van der Waals surface area contributed by atoms with Gasteiger partial charge in [0, 0.05) is 6.04 Å². The Hall–Kier alpha value is -3.47. The van der Waals surface area contributed by atoms with E-state index in [1.54, 1.807) is 22.2 Å². The van der Waals surface area contributed by atoms with Crippen molar-refractivity contribution in [3.63, 3.8) is 0 Å². The van der Waals surface area contributed by atoms with E-state index in [9.17, 15) is 10.1 Å². The molecule has 4 rings (SSSR count). The van der Waals surface area contributed by atoms with Crippen LogP contribution in [0.15, 0.2) is 35.4 Å². The maximum Gasteiger partial charge on any atom is 0.277 e. The van der Waals surface area contributed by atoms with Crippen molar-refractivity contribution in [3.8, 4) is 17.6 Å². The molecule has 124 valence electrons. The van der Waals surface area contributed by atoms with Crippen LogP contribution >= 0.6 is 0 Å². The summed E-state index contributed by atoms with van der Waals surface area (Å²) in [4.78, 5) is 17.7. The highest BCUT2D eigenvalue weighted by Crippen LogP contribution is 2.26. The molecule has 8 nitrogen and oxygen atoms in total. The van der Waals surface area contributed by atoms with E-state index in [2.05, 4.69) is 15.3 Å². The molecule has 4 aromatic rings. The number of hydrogen-bond acceptors (Lipinski definition) is 5. The topological polar surface area (TPSA) is 93.8 Å². The van der Waals surface area contributed by atoms with Crippen LogP contribution in [0.3, 0.4) is 0 Å². The van der Waals surface area contributed by atoms with Crippen molar-refractivity contribution < 1.29 is 0 Å². The number of nitriles is 1. The normalized spacial score (nSPS) is 11.5. The summed E-state index contributed by atoms with van der Waals surface area (Å²) in [6.45, 7) is 5.67. The maximum absolute atomic E-state index is 13.2. The third-order valence-corrected chi connectivity index (χ3v) is 4.26. The lowest BCUT2D eigenvalue weighted by Crippen LogP contribution is -2.24. The van der Waals surface area contributed by atoms with Crippen LogP contribution in [0.5, 0.6) is 0 Å². The minimum Gasteiger partial charge on any atom is -0.302 e. The summed E-state index contributed by atoms with van der Waals surface area (Å²) in [5.41, 5.74) is 3.36. The van der Waals surface area contributed by atoms with Gasteiger partial charge in [-0.3, -0.25) is 9.20 Å². The highest BCUT2D eigenvalue weighted by atomic mass is 16.1. The fourth-order valence-corrected chi connectivity index (χ4v) is 3.22. The number of aryl methyl sites for hydroxylation is 1. The number of para-hydroxylation sites is 2. The number of hydrogen-bond donors (Lipinski definition) is 0. The van der Waals surface area contributed by atoms with Crippen LogP contribution < -0.4 is 5.56 Å². The summed E-state index contributed by atoms with van der Waals surface area (Å²) in [7, 11) is 0. The second-order valence-electron chi connectivity index (χ2n) is 6.10. The lowest BCUT2D eigenvalue weighted by molar-refractivity contribution is 0.601. The van der Waals surface area contributed by atoms with Crippen LogP contribution in [0.4, 0.5) is 0 Å². The first-order valence-electron chi connectivity index (χ1n) is 7.87. The number of imidazole rings is 1. The zero-order valence-electron chi connectivity index (χ0n) is 14.0. The molecular weight excluding hydrogens is 318 g/mol. The molecule has 0 spiro atoms. The van der Waals surface area contributed by atoms with Crippen molar-refractivity contribution >= 4 is 16.6 Å². The lowest BCUT2D eigenvalue weighted by atomic mass is 10.2. The minimum atomic E-state index is -0.161. The van der Waals surface area contributed by atoms with Crippen molar-refractivity contribution in [2.45, 2.75) is 26.8 Å². The zero-order chi connectivity index (χ0) is 17.7. The molecule has 0 bridgehead atoms. The Kier molecular flexibility index (Phi) is 3.18. The standard InChI is InChI=1S/C17H15N7O/c1-10(2)24-13-7-5-4-6-12(13)22-9-19-14(16(22)17(24)25)15-11(3)20-21-23(15)8-18/h4-7,9-10H,1-3H3. The zero-order valence-corrected chi connectivity index (χ0v) is 14.0. The summed E-state index contributed by atoms with van der Waals surface area (Å²) in [6, 6.07) is 7.66. The van der Waals surface area contributed by atoms with E-state index in [-0.39, 0.29) is 11.6 Å². The second-order valence-corrected chi connectivity index (χ2v) is 6.10. The summed E-state index contributed by atoms with van der Waals surface area (Å²) in [5, 5.41) is 17.0. The lowest BCUT2D eigenvalue weighted by Gasteiger charge is -2.15. The molecule has 1 aromatic carbocycles. The second kappa shape index (κ2) is 5.27. The Balaban J connectivity index is 2.23. The summed E-state index contributed by atoms with van der Waals surface area (Å²) in [6.07, 6.45) is 3.55. The number of fused-ring (bicyclic) bond motifs is 3. The Bertz CT molecular complexity index is 1220. The third-order valence-electron chi connectivity index (χ3n) is 4.26. The van der Waals surface area contributed by atoms with Crippen molar-refractivity contribution in [2.75, 3.05) is 0 Å². The molecule has 3 heterocycles. The molecule has 0 unspecified atom stereocenters. The predicted octanol–water partition coefficient (Wildman–Crippen LogP) is 2.13. The molecule has 0 atom stereocenters. The van der Waals surface area contributed by atoms with Gasteiger partial charge in [0.25, 0.3) is 5.56 Å². The van der Waals surface area contributed by atoms with Gasteiger partial charge in [0.2, 0.25) is 6.19 Å². The minimum absolute atomic E-state index is 0.0229. The van der Waals surface area contributed by atoms with Gasteiger partial charge in [-0.25, -0.2) is 4.98 Å². The average molecular weight is 333 g/mol. The van der Waals surface area contributed by atoms with E-state index in [4.69, 9.17) is 0 Å². The molecule has 25 heavy (non-hydrogen) atoms. The largest absolute Gasteiger partial charge is 0.302 e. The van der Waals surface area contributed by atoms with Crippen LogP contribution in [-0.2, 0) is 0 Å². The Labute approximate surface area is 142 Å². The van der Waals surface area contributed by atoms with Gasteiger partial charge in [0.05, 0.1) is 16.7 Å². The summed E-state index contributed by atoms with van der Waals surface area (Å²) < 4.78 is 4.59. The SMILES string of the molecule is Cc1nnn(C#N)c1-c1ncn2c1c(=O)n(C(C)C)c1ccccc12. The van der Waals surface area contributed by atoms with E-state index in [1.165, 1.54) is 0 Å². The molecular formula is C17H15N7O. The Morgan fingerprint density at radius 2 is 1.92 bits per heavy atom. The molecule has 0 N–H and O–H groups in total. The molecule has 3 aromatic heterocycles. The van der Waals surface area contributed by atoms with Crippen LogP contribution in [0.25, 0.3) is 27.9 Å². The van der Waals surface area contributed by atoms with E-state index < -0.39 is 0 Å². The number of rotatable bonds is 2. The average Bonchev–Trinajstić information content (AvgIpc) is 3.18. The van der Waals surface area contributed by atoms with E-state index >= 15 is 0 Å². The Morgan fingerprint density at radius 3 is 2.60 bits per heavy atom. The monoisotopic (exact) mass is 333 g/mol. The van der Waals surface area contributed by atoms with Gasteiger partial charge < -0.3 is 4.57 Å². The smallest absolute Gasteiger partial charge is 0.277 e. The van der Waals surface area contributed by atoms with E-state index in [0.29, 0.717) is 22.6 Å². The van der Waals surface area contributed by atoms with Crippen molar-refractivity contribution in [2.24, 2.45) is 0 Å². The van der Waals surface area contributed by atoms with Gasteiger partial charge in [0.1, 0.15) is 23.2 Å². The Morgan fingerprint density at radius 1 is 1.20 bits per heavy atom. The molecule has 0 aliphatic heterocycles. The molecule has 0 aliphatic carbocycles. The van der Waals surface area contributed by atoms with Crippen LogP contribution in [0, 0.1) is 18.4 Å². The maximum atomic E-state index is 13.2. The van der Waals surface area contributed by atoms with Gasteiger partial charge in [-0.1, -0.05) is 17.3 Å². The first-order chi connectivity index (χ1) is 12.0. The number of aromatic nitrogens is 6. The highest BCUT2D eigenvalue weighted by molar-refractivity contribution is 5.85. The van der Waals surface area contributed by atoms with Crippen molar-refractivity contribution in [1.29, 1.82) is 5.26 Å². The summed E-state index contributed by atoms with van der Waals surface area (Å²) >= 11 is 0. The number of nitrogens with zero attached hydrogens (tertiary/aromatic N) is 7.